The molecule has 0 radical (unpaired) electrons. The number of hydrogen-bond acceptors (Lipinski definition) is 2. The van der Waals surface area contributed by atoms with E-state index in [1.165, 1.54) is 0 Å². The van der Waals surface area contributed by atoms with Gasteiger partial charge in [0.05, 0.1) is 5.75 Å². The number of sulfonamides is 1. The molecule has 16 heavy (non-hydrogen) atoms. The summed E-state index contributed by atoms with van der Waals surface area (Å²) in [6, 6.07) is 0.146. The first-order valence-corrected chi connectivity index (χ1v) is 8.31. The SMILES string of the molecule is CCCCS(=O)(=O)N1CCCCC1CCCl. The van der Waals surface area contributed by atoms with Crippen molar-refractivity contribution in [3.63, 3.8) is 0 Å². The third-order valence-corrected chi connectivity index (χ3v) is 5.35. The Labute approximate surface area is 104 Å². The topological polar surface area (TPSA) is 37.4 Å². The number of rotatable bonds is 6. The smallest absolute Gasteiger partial charge is 0.212 e. The van der Waals surface area contributed by atoms with Crippen molar-refractivity contribution in [3.05, 3.63) is 0 Å². The molecule has 0 aliphatic carbocycles. The van der Waals surface area contributed by atoms with Crippen LogP contribution in [0.3, 0.4) is 0 Å². The molecule has 0 bridgehead atoms. The highest BCUT2D eigenvalue weighted by molar-refractivity contribution is 7.89. The van der Waals surface area contributed by atoms with Crippen LogP contribution >= 0.6 is 11.6 Å². The molecule has 5 heteroatoms. The molecule has 0 amide bonds. The third kappa shape index (κ3) is 3.90. The molecule has 0 saturated carbocycles. The molecule has 0 aromatic carbocycles. The maximum atomic E-state index is 12.1. The van der Waals surface area contributed by atoms with Gasteiger partial charge in [-0.15, -0.1) is 11.6 Å². The Balaban J connectivity index is 2.66. The summed E-state index contributed by atoms with van der Waals surface area (Å²) in [5, 5.41) is 0. The van der Waals surface area contributed by atoms with E-state index in [4.69, 9.17) is 11.6 Å². The molecular formula is C11H22ClNO2S. The first-order chi connectivity index (χ1) is 7.61. The molecule has 1 fully saturated rings. The van der Waals surface area contributed by atoms with Gasteiger partial charge in [0, 0.05) is 18.5 Å². The van der Waals surface area contributed by atoms with E-state index in [-0.39, 0.29) is 6.04 Å². The molecule has 0 aromatic heterocycles. The number of hydrogen-bond donors (Lipinski definition) is 0. The Bertz CT molecular complexity index is 290. The number of piperidine rings is 1. The predicted octanol–water partition coefficient (Wildman–Crippen LogP) is 2.60. The van der Waals surface area contributed by atoms with Crippen LogP contribution in [0.5, 0.6) is 0 Å². The molecule has 1 atom stereocenters. The molecule has 1 saturated heterocycles. The second-order valence-corrected chi connectivity index (χ2v) is 6.83. The molecule has 0 N–H and O–H groups in total. The van der Waals surface area contributed by atoms with E-state index >= 15 is 0 Å². The van der Waals surface area contributed by atoms with Gasteiger partial charge in [0.2, 0.25) is 10.0 Å². The Kier molecular flexibility index (Phi) is 6.08. The summed E-state index contributed by atoms with van der Waals surface area (Å²) in [6.45, 7) is 2.70. The lowest BCUT2D eigenvalue weighted by molar-refractivity contribution is 0.247. The van der Waals surface area contributed by atoms with Gasteiger partial charge in [-0.05, 0) is 25.7 Å². The average molecular weight is 268 g/mol. The molecule has 1 heterocycles. The van der Waals surface area contributed by atoms with E-state index in [2.05, 4.69) is 0 Å². The molecule has 3 nitrogen and oxygen atoms in total. The molecular weight excluding hydrogens is 246 g/mol. The lowest BCUT2D eigenvalue weighted by Gasteiger charge is -2.34. The highest BCUT2D eigenvalue weighted by Gasteiger charge is 2.30. The fourth-order valence-corrected chi connectivity index (χ4v) is 4.41. The molecule has 96 valence electrons. The molecule has 0 aromatic rings. The first-order valence-electron chi connectivity index (χ1n) is 6.17. The Morgan fingerprint density at radius 3 is 2.75 bits per heavy atom. The third-order valence-electron chi connectivity index (χ3n) is 3.13. The molecule has 1 rings (SSSR count). The summed E-state index contributed by atoms with van der Waals surface area (Å²) in [6.07, 6.45) is 5.55. The highest BCUT2D eigenvalue weighted by Crippen LogP contribution is 2.23. The summed E-state index contributed by atoms with van der Waals surface area (Å²) in [5.74, 6) is 0.840. The zero-order valence-electron chi connectivity index (χ0n) is 9.99. The number of alkyl halides is 1. The van der Waals surface area contributed by atoms with Crippen LogP contribution in [0, 0.1) is 0 Å². The summed E-state index contributed by atoms with van der Waals surface area (Å²) in [4.78, 5) is 0. The summed E-state index contributed by atoms with van der Waals surface area (Å²) < 4.78 is 25.9. The maximum absolute atomic E-state index is 12.1. The van der Waals surface area contributed by atoms with Crippen LogP contribution in [0.1, 0.15) is 45.4 Å². The standard InChI is InChI=1S/C11H22ClNO2S/c1-2-3-10-16(14,15)13-9-5-4-6-11(13)7-8-12/h11H,2-10H2,1H3. The number of unbranched alkanes of at least 4 members (excludes halogenated alkanes) is 1. The van der Waals surface area contributed by atoms with Crippen LogP contribution in [-0.4, -0.2) is 36.9 Å². The second-order valence-electron chi connectivity index (χ2n) is 4.41. The van der Waals surface area contributed by atoms with Crippen molar-refractivity contribution < 1.29 is 8.42 Å². The van der Waals surface area contributed by atoms with Crippen molar-refractivity contribution >= 4 is 21.6 Å². The minimum atomic E-state index is -3.04. The number of nitrogens with zero attached hydrogens (tertiary/aromatic N) is 1. The van der Waals surface area contributed by atoms with E-state index in [9.17, 15) is 8.42 Å². The van der Waals surface area contributed by atoms with Crippen molar-refractivity contribution in [2.75, 3.05) is 18.2 Å². The van der Waals surface area contributed by atoms with Gasteiger partial charge in [-0.1, -0.05) is 19.8 Å². The summed E-state index contributed by atoms with van der Waals surface area (Å²) >= 11 is 5.73. The predicted molar refractivity (Wildman–Crippen MR) is 68.4 cm³/mol. The van der Waals surface area contributed by atoms with Crippen molar-refractivity contribution in [1.82, 2.24) is 4.31 Å². The largest absolute Gasteiger partial charge is 0.214 e. The normalized spacial score (nSPS) is 23.5. The molecule has 1 aliphatic rings. The van der Waals surface area contributed by atoms with Crippen LogP contribution < -0.4 is 0 Å². The maximum Gasteiger partial charge on any atom is 0.214 e. The Hall–Kier alpha value is 0.200. The van der Waals surface area contributed by atoms with E-state index < -0.39 is 10.0 Å². The van der Waals surface area contributed by atoms with Crippen LogP contribution in [-0.2, 0) is 10.0 Å². The Morgan fingerprint density at radius 1 is 1.38 bits per heavy atom. The lowest BCUT2D eigenvalue weighted by Crippen LogP contribution is -2.44. The quantitative estimate of drug-likeness (QED) is 0.694. The zero-order valence-corrected chi connectivity index (χ0v) is 11.6. The van der Waals surface area contributed by atoms with E-state index in [0.29, 0.717) is 18.2 Å². The summed E-state index contributed by atoms with van der Waals surface area (Å²) in [5.41, 5.74) is 0. The van der Waals surface area contributed by atoms with Gasteiger partial charge >= 0.3 is 0 Å². The van der Waals surface area contributed by atoms with Crippen molar-refractivity contribution in [1.29, 1.82) is 0 Å². The fourth-order valence-electron chi connectivity index (χ4n) is 2.20. The van der Waals surface area contributed by atoms with Gasteiger partial charge in [-0.3, -0.25) is 0 Å². The van der Waals surface area contributed by atoms with Gasteiger partial charge in [-0.2, -0.15) is 4.31 Å². The van der Waals surface area contributed by atoms with E-state index in [1.54, 1.807) is 4.31 Å². The van der Waals surface area contributed by atoms with Crippen molar-refractivity contribution in [2.45, 2.75) is 51.5 Å². The minimum absolute atomic E-state index is 0.146. The lowest BCUT2D eigenvalue weighted by atomic mass is 10.0. The number of halogens is 1. The van der Waals surface area contributed by atoms with Gasteiger partial charge in [0.25, 0.3) is 0 Å². The highest BCUT2D eigenvalue weighted by atomic mass is 35.5. The molecule has 1 aliphatic heterocycles. The van der Waals surface area contributed by atoms with Crippen molar-refractivity contribution in [3.8, 4) is 0 Å². The fraction of sp³-hybridized carbons (Fsp3) is 1.00. The zero-order chi connectivity index (χ0) is 12.0. The molecule has 0 spiro atoms. The van der Waals surface area contributed by atoms with Gasteiger partial charge in [0.1, 0.15) is 0 Å². The minimum Gasteiger partial charge on any atom is -0.212 e. The van der Waals surface area contributed by atoms with Gasteiger partial charge in [0.15, 0.2) is 0 Å². The van der Waals surface area contributed by atoms with Crippen LogP contribution in [0.4, 0.5) is 0 Å². The van der Waals surface area contributed by atoms with Gasteiger partial charge < -0.3 is 0 Å². The molecule has 1 unspecified atom stereocenters. The Morgan fingerprint density at radius 2 is 2.12 bits per heavy atom. The van der Waals surface area contributed by atoms with Gasteiger partial charge in [-0.25, -0.2) is 8.42 Å². The van der Waals surface area contributed by atoms with Crippen LogP contribution in [0.25, 0.3) is 0 Å². The van der Waals surface area contributed by atoms with E-state index in [1.807, 2.05) is 6.92 Å². The van der Waals surface area contributed by atoms with E-state index in [0.717, 1.165) is 38.5 Å². The van der Waals surface area contributed by atoms with Crippen LogP contribution in [0.2, 0.25) is 0 Å². The average Bonchev–Trinajstić information content (AvgIpc) is 2.27. The van der Waals surface area contributed by atoms with Crippen LogP contribution in [0.15, 0.2) is 0 Å². The second kappa shape index (κ2) is 6.82. The monoisotopic (exact) mass is 267 g/mol. The summed E-state index contributed by atoms with van der Waals surface area (Å²) in [7, 11) is -3.04. The van der Waals surface area contributed by atoms with Crippen molar-refractivity contribution in [2.24, 2.45) is 0 Å². The first kappa shape index (κ1) is 14.3.